The van der Waals surface area contributed by atoms with Crippen molar-refractivity contribution in [2.45, 2.75) is 0 Å². The zero-order chi connectivity index (χ0) is 58.7. The molecular weight excluding hydrogens is 1090 g/mol. The van der Waals surface area contributed by atoms with Crippen molar-refractivity contribution in [3.63, 3.8) is 0 Å². The molecule has 416 valence electrons. The summed E-state index contributed by atoms with van der Waals surface area (Å²) < 4.78 is 0. The molecule has 0 atom stereocenters. The molecule has 18 aromatic rings. The van der Waals surface area contributed by atoms with Crippen LogP contribution in [0.1, 0.15) is 0 Å². The highest BCUT2D eigenvalue weighted by molar-refractivity contribution is 6.30. The van der Waals surface area contributed by atoms with E-state index in [0.29, 0.717) is 0 Å². The lowest BCUT2D eigenvalue weighted by Gasteiger charge is -2.34. The summed E-state index contributed by atoms with van der Waals surface area (Å²) in [7, 11) is 0. The zero-order valence-corrected chi connectivity index (χ0v) is 48.8. The van der Waals surface area contributed by atoms with Crippen molar-refractivity contribution < 1.29 is 0 Å². The van der Waals surface area contributed by atoms with E-state index in [2.05, 4.69) is 335 Å². The van der Waals surface area contributed by atoms with Crippen LogP contribution in [-0.4, -0.2) is 0 Å². The Balaban J connectivity index is 0.951. The molecule has 90 heavy (non-hydrogen) atoms. The average Bonchev–Trinajstić information content (AvgIpc) is 1.49. The first kappa shape index (κ1) is 49.2. The molecular formula is C86H52N4. The fraction of sp³-hybridized carbons (Fsp3) is 0. The van der Waals surface area contributed by atoms with Crippen molar-refractivity contribution in [2.75, 3.05) is 19.6 Å². The first-order valence-corrected chi connectivity index (χ1v) is 31.2. The summed E-state index contributed by atoms with van der Waals surface area (Å²) in [4.78, 5) is 10.3. The summed E-state index contributed by atoms with van der Waals surface area (Å²) >= 11 is 0. The van der Waals surface area contributed by atoms with E-state index < -0.39 is 0 Å². The molecule has 0 aromatic heterocycles. The largest absolute Gasteiger partial charge is 0.291 e. The molecule has 0 unspecified atom stereocenters. The number of fused-ring (bicyclic) bond motifs is 26. The van der Waals surface area contributed by atoms with E-state index in [1.807, 2.05) is 0 Å². The Hall–Kier alpha value is -12.0. The Bertz CT molecular complexity index is 5320. The average molecular weight is 1140 g/mol. The minimum Gasteiger partial charge on any atom is -0.291 e. The van der Waals surface area contributed by atoms with E-state index in [1.54, 1.807) is 0 Å². The second kappa shape index (κ2) is 18.8. The van der Waals surface area contributed by atoms with E-state index >= 15 is 0 Å². The molecule has 0 amide bonds. The van der Waals surface area contributed by atoms with Crippen LogP contribution in [0.15, 0.2) is 327 Å². The smallest absolute Gasteiger partial charge is 0.166 e. The second-order valence-corrected chi connectivity index (χ2v) is 24.3. The van der Waals surface area contributed by atoms with Crippen molar-refractivity contribution in [2.24, 2.45) is 0 Å². The Morgan fingerprint density at radius 2 is 0.256 bits per heavy atom. The van der Waals surface area contributed by atoms with E-state index in [0.717, 1.165) is 57.1 Å². The fourth-order valence-corrected chi connectivity index (χ4v) is 15.9. The molecule has 2 aliphatic heterocycles. The van der Waals surface area contributed by atoms with Gasteiger partial charge in [0.25, 0.3) is 0 Å². The van der Waals surface area contributed by atoms with Gasteiger partial charge in [-0.3, -0.25) is 19.6 Å². The predicted molar refractivity (Wildman–Crippen MR) is 384 cm³/mol. The summed E-state index contributed by atoms with van der Waals surface area (Å²) in [6, 6.07) is 118. The van der Waals surface area contributed by atoms with E-state index in [9.17, 15) is 0 Å². The van der Waals surface area contributed by atoms with Crippen LogP contribution in [0.2, 0.25) is 0 Å². The van der Waals surface area contributed by atoms with Crippen LogP contribution in [-0.2, 0) is 0 Å². The maximum absolute atomic E-state index is 2.57. The summed E-state index contributed by atoms with van der Waals surface area (Å²) in [6.07, 6.45) is 0. The molecule has 0 spiro atoms. The zero-order valence-electron chi connectivity index (χ0n) is 48.8. The Kier molecular flexibility index (Phi) is 10.3. The molecule has 2 heterocycles. The van der Waals surface area contributed by atoms with Gasteiger partial charge >= 0.3 is 0 Å². The SMILES string of the molecule is c1ccc2c(c1)N(c1ccc3c4ccccc4c4ccccc4c3c1)C(=C1N(c3ccc4c5ccccc5c5ccccc5c4c3)c3ccccc3N1c1ccc3c4ccccc4c4ccccc4c3c1)N2c1ccc2c3ccccc3c3ccccc3c2c1. The molecule has 0 saturated heterocycles. The van der Waals surface area contributed by atoms with Crippen molar-refractivity contribution in [3.05, 3.63) is 327 Å². The van der Waals surface area contributed by atoms with Gasteiger partial charge in [-0.25, -0.2) is 0 Å². The predicted octanol–water partition coefficient (Wildman–Crippen LogP) is 23.9. The summed E-state index contributed by atoms with van der Waals surface area (Å²) in [5.74, 6) is 1.99. The van der Waals surface area contributed by atoms with Gasteiger partial charge in [-0.05, 0) is 202 Å². The Morgan fingerprint density at radius 1 is 0.122 bits per heavy atom. The second-order valence-electron chi connectivity index (χ2n) is 24.3. The first-order chi connectivity index (χ1) is 44.7. The van der Waals surface area contributed by atoms with Gasteiger partial charge in [0.15, 0.2) is 11.6 Å². The Labute approximate surface area is 518 Å². The molecule has 0 fully saturated rings. The monoisotopic (exact) mass is 1140 g/mol. The molecule has 2 aliphatic rings. The quantitative estimate of drug-likeness (QED) is 0.163. The van der Waals surface area contributed by atoms with E-state index in [1.165, 1.54) is 129 Å². The highest BCUT2D eigenvalue weighted by Crippen LogP contribution is 2.59. The highest BCUT2D eigenvalue weighted by atomic mass is 15.5. The highest BCUT2D eigenvalue weighted by Gasteiger charge is 2.45. The van der Waals surface area contributed by atoms with Gasteiger partial charge < -0.3 is 0 Å². The van der Waals surface area contributed by atoms with Crippen molar-refractivity contribution >= 4 is 175 Å². The normalized spacial score (nSPS) is 13.4. The number of hydrogen-bond acceptors (Lipinski definition) is 4. The number of anilines is 8. The Morgan fingerprint density at radius 3 is 0.422 bits per heavy atom. The summed E-state index contributed by atoms with van der Waals surface area (Å²) in [5.41, 5.74) is 8.54. The third-order valence-corrected chi connectivity index (χ3v) is 19.7. The summed E-state index contributed by atoms with van der Waals surface area (Å²) in [5, 5.41) is 29.6. The third kappa shape index (κ3) is 6.84. The molecule has 20 rings (SSSR count). The van der Waals surface area contributed by atoms with Crippen LogP contribution >= 0.6 is 0 Å². The fourth-order valence-electron chi connectivity index (χ4n) is 15.9. The van der Waals surface area contributed by atoms with E-state index in [-0.39, 0.29) is 0 Å². The number of nitrogens with zero attached hydrogens (tertiary/aromatic N) is 4. The standard InChI is InChI=1S/C86H52N4/c1-5-29-65-57(21-1)61-25-9-13-33-69(61)77-49-53(41-45-73(65)77)87-81-37-17-18-38-82(81)88(54-42-46-74-66-30-6-2-22-58(66)62-26-10-14-34-70(62)78(74)50-54)85(87)86-89(55-43-47-75-67-31-7-3-23-59(67)63-27-11-15-35-71(63)79(75)51-55)83-39-19-20-40-84(83)90(86)56-44-48-76-68-32-8-4-24-60(68)64-28-12-16-36-72(64)80(76)52-56/h1-52H. The van der Waals surface area contributed by atoms with Crippen LogP contribution in [0.4, 0.5) is 45.5 Å². The maximum atomic E-state index is 2.57. The minimum absolute atomic E-state index is 0.994. The molecule has 0 saturated carbocycles. The van der Waals surface area contributed by atoms with Crippen LogP contribution < -0.4 is 19.6 Å². The van der Waals surface area contributed by atoms with Gasteiger partial charge in [0.2, 0.25) is 0 Å². The third-order valence-electron chi connectivity index (χ3n) is 19.7. The van der Waals surface area contributed by atoms with Gasteiger partial charge in [-0.2, -0.15) is 0 Å². The minimum atomic E-state index is 0.994. The summed E-state index contributed by atoms with van der Waals surface area (Å²) in [6.45, 7) is 0. The maximum Gasteiger partial charge on any atom is 0.166 e. The lowest BCUT2D eigenvalue weighted by molar-refractivity contribution is 1.01. The molecule has 0 bridgehead atoms. The van der Waals surface area contributed by atoms with Crippen LogP contribution in [0.3, 0.4) is 0 Å². The lowest BCUT2D eigenvalue weighted by atomic mass is 9.94. The van der Waals surface area contributed by atoms with Gasteiger partial charge in [-0.15, -0.1) is 0 Å². The van der Waals surface area contributed by atoms with Crippen molar-refractivity contribution in [1.29, 1.82) is 0 Å². The molecule has 4 nitrogen and oxygen atoms in total. The van der Waals surface area contributed by atoms with Crippen molar-refractivity contribution in [1.82, 2.24) is 0 Å². The van der Waals surface area contributed by atoms with Crippen LogP contribution in [0.25, 0.3) is 129 Å². The topological polar surface area (TPSA) is 13.0 Å². The van der Waals surface area contributed by atoms with Crippen LogP contribution in [0.5, 0.6) is 0 Å². The number of para-hydroxylation sites is 4. The first-order valence-electron chi connectivity index (χ1n) is 31.2. The number of rotatable bonds is 4. The molecule has 18 aromatic carbocycles. The molecule has 4 heteroatoms. The van der Waals surface area contributed by atoms with Gasteiger partial charge in [0, 0.05) is 22.7 Å². The number of benzene rings is 18. The van der Waals surface area contributed by atoms with Crippen molar-refractivity contribution in [3.8, 4) is 0 Å². The molecule has 0 aliphatic carbocycles. The van der Waals surface area contributed by atoms with E-state index in [4.69, 9.17) is 0 Å². The van der Waals surface area contributed by atoms with Gasteiger partial charge in [-0.1, -0.05) is 243 Å². The number of hydrogen-bond donors (Lipinski definition) is 0. The van der Waals surface area contributed by atoms with Crippen LogP contribution in [0, 0.1) is 0 Å². The lowest BCUT2D eigenvalue weighted by Crippen LogP contribution is -2.33. The van der Waals surface area contributed by atoms with Gasteiger partial charge in [0.1, 0.15) is 0 Å². The molecule has 0 N–H and O–H groups in total. The molecule has 0 radical (unpaired) electrons. The van der Waals surface area contributed by atoms with Gasteiger partial charge in [0.05, 0.1) is 22.7 Å².